The summed E-state index contributed by atoms with van der Waals surface area (Å²) in [5.41, 5.74) is 0.580. The lowest BCUT2D eigenvalue weighted by Gasteiger charge is -2.40. The molecule has 0 radical (unpaired) electrons. The Bertz CT molecular complexity index is 362. The molecule has 0 amide bonds. The summed E-state index contributed by atoms with van der Waals surface area (Å²) in [4.78, 5) is 6.55. The van der Waals surface area contributed by atoms with Gasteiger partial charge in [-0.15, -0.1) is 0 Å². The summed E-state index contributed by atoms with van der Waals surface area (Å²) in [6.07, 6.45) is 10.5. The number of hydrogen-bond acceptors (Lipinski definition) is 4. The molecule has 23 heavy (non-hydrogen) atoms. The van der Waals surface area contributed by atoms with E-state index < -0.39 is 6.23 Å². The molecule has 0 aromatic heterocycles. The van der Waals surface area contributed by atoms with Crippen molar-refractivity contribution < 1.29 is 9.84 Å². The average Bonchev–Trinajstić information content (AvgIpc) is 2.90. The predicted molar refractivity (Wildman–Crippen MR) is 95.9 cm³/mol. The van der Waals surface area contributed by atoms with Gasteiger partial charge in [-0.25, -0.2) is 0 Å². The third-order valence-electron chi connectivity index (χ3n) is 5.58. The SMILES string of the molecule is CC/C=N/C(O)CN1CCC2(CCC(CCOC(C)C)C2)CC1. The topological polar surface area (TPSA) is 45.1 Å². The summed E-state index contributed by atoms with van der Waals surface area (Å²) in [6.45, 7) is 10.1. The quantitative estimate of drug-likeness (QED) is 0.695. The molecule has 1 saturated carbocycles. The highest BCUT2D eigenvalue weighted by Gasteiger charge is 2.41. The van der Waals surface area contributed by atoms with Crippen LogP contribution < -0.4 is 0 Å². The molecule has 0 bridgehead atoms. The normalized spacial score (nSPS) is 26.6. The van der Waals surface area contributed by atoms with E-state index in [1.54, 1.807) is 0 Å². The third kappa shape index (κ3) is 6.17. The van der Waals surface area contributed by atoms with Gasteiger partial charge in [-0.1, -0.05) is 6.92 Å². The number of aliphatic hydroxyl groups is 1. The molecule has 4 heteroatoms. The summed E-state index contributed by atoms with van der Waals surface area (Å²) < 4.78 is 5.72. The number of piperidine rings is 1. The summed E-state index contributed by atoms with van der Waals surface area (Å²) in [5.74, 6) is 0.861. The Morgan fingerprint density at radius 3 is 2.70 bits per heavy atom. The van der Waals surface area contributed by atoms with Gasteiger partial charge < -0.3 is 9.84 Å². The maximum absolute atomic E-state index is 9.92. The first-order chi connectivity index (χ1) is 11.0. The van der Waals surface area contributed by atoms with Crippen molar-refractivity contribution in [2.75, 3.05) is 26.2 Å². The average molecular weight is 325 g/mol. The molecule has 1 aliphatic heterocycles. The van der Waals surface area contributed by atoms with Crippen LogP contribution in [0.5, 0.6) is 0 Å². The van der Waals surface area contributed by atoms with Crippen LogP contribution in [0.25, 0.3) is 0 Å². The van der Waals surface area contributed by atoms with Crippen LogP contribution in [0.3, 0.4) is 0 Å². The van der Waals surface area contributed by atoms with Crippen LogP contribution in [0.2, 0.25) is 0 Å². The highest BCUT2D eigenvalue weighted by molar-refractivity contribution is 5.56. The minimum Gasteiger partial charge on any atom is -0.379 e. The van der Waals surface area contributed by atoms with E-state index in [4.69, 9.17) is 4.74 Å². The largest absolute Gasteiger partial charge is 0.379 e. The van der Waals surface area contributed by atoms with Crippen LogP contribution in [-0.4, -0.2) is 54.8 Å². The number of aliphatic imine (C=N–C) groups is 1. The monoisotopic (exact) mass is 324 g/mol. The molecule has 1 saturated heterocycles. The fraction of sp³-hybridized carbons (Fsp3) is 0.947. The van der Waals surface area contributed by atoms with Crippen molar-refractivity contribution in [1.82, 2.24) is 4.90 Å². The Morgan fingerprint density at radius 1 is 1.30 bits per heavy atom. The Balaban J connectivity index is 1.68. The van der Waals surface area contributed by atoms with E-state index in [1.165, 1.54) is 38.5 Å². The molecule has 0 aromatic rings. The van der Waals surface area contributed by atoms with Crippen molar-refractivity contribution in [1.29, 1.82) is 0 Å². The van der Waals surface area contributed by atoms with Gasteiger partial charge in [-0.05, 0) is 83.2 Å². The van der Waals surface area contributed by atoms with E-state index in [2.05, 4.69) is 23.7 Å². The van der Waals surface area contributed by atoms with Crippen molar-refractivity contribution in [2.24, 2.45) is 16.3 Å². The number of β-amino-alcohol motifs (C(OH)–C–C–N with tert-alkyl or cyclic N) is 1. The molecular formula is C19H36N2O2. The highest BCUT2D eigenvalue weighted by atomic mass is 16.5. The molecule has 2 fully saturated rings. The molecular weight excluding hydrogens is 288 g/mol. The van der Waals surface area contributed by atoms with Gasteiger partial charge in [0, 0.05) is 19.4 Å². The number of ether oxygens (including phenoxy) is 1. The van der Waals surface area contributed by atoms with Crippen molar-refractivity contribution in [3.63, 3.8) is 0 Å². The maximum atomic E-state index is 9.92. The fourth-order valence-corrected chi connectivity index (χ4v) is 4.21. The van der Waals surface area contributed by atoms with Gasteiger partial charge in [0.05, 0.1) is 6.10 Å². The van der Waals surface area contributed by atoms with Gasteiger partial charge in [-0.3, -0.25) is 9.89 Å². The molecule has 134 valence electrons. The lowest BCUT2D eigenvalue weighted by molar-refractivity contribution is 0.0545. The van der Waals surface area contributed by atoms with Crippen LogP contribution >= 0.6 is 0 Å². The Hall–Kier alpha value is -0.450. The summed E-state index contributed by atoms with van der Waals surface area (Å²) in [6, 6.07) is 0. The number of rotatable bonds is 8. The standard InChI is InChI=1S/C19H36N2O2/c1-4-10-20-18(22)15-21-11-8-19(9-12-21)7-5-17(14-19)6-13-23-16(2)3/h10,16-18,22H,4-9,11-15H2,1-3H3/b20-10+. The second-order valence-electron chi connectivity index (χ2n) is 7.84. The highest BCUT2D eigenvalue weighted by Crippen LogP contribution is 2.49. The smallest absolute Gasteiger partial charge is 0.157 e. The van der Waals surface area contributed by atoms with E-state index in [0.29, 0.717) is 18.1 Å². The Morgan fingerprint density at radius 2 is 2.04 bits per heavy atom. The number of nitrogens with zero attached hydrogens (tertiary/aromatic N) is 2. The Kier molecular flexibility index (Phi) is 7.51. The molecule has 1 spiro atoms. The number of likely N-dealkylation sites (tertiary alicyclic amines) is 1. The van der Waals surface area contributed by atoms with E-state index in [9.17, 15) is 5.11 Å². The van der Waals surface area contributed by atoms with Gasteiger partial charge in [0.25, 0.3) is 0 Å². The van der Waals surface area contributed by atoms with Gasteiger partial charge in [0.1, 0.15) is 0 Å². The first kappa shape index (κ1) is 18.9. The summed E-state index contributed by atoms with van der Waals surface area (Å²) in [5, 5.41) is 9.92. The number of hydrogen-bond donors (Lipinski definition) is 1. The predicted octanol–water partition coefficient (Wildman–Crippen LogP) is 3.48. The lowest BCUT2D eigenvalue weighted by Crippen LogP contribution is -2.42. The first-order valence-corrected chi connectivity index (χ1v) is 9.56. The van der Waals surface area contributed by atoms with E-state index in [1.807, 2.05) is 13.1 Å². The van der Waals surface area contributed by atoms with Gasteiger partial charge in [-0.2, -0.15) is 0 Å². The van der Waals surface area contributed by atoms with Gasteiger partial charge >= 0.3 is 0 Å². The minimum atomic E-state index is -0.548. The van der Waals surface area contributed by atoms with Crippen LogP contribution in [0.15, 0.2) is 4.99 Å². The van der Waals surface area contributed by atoms with Gasteiger partial charge in [0.15, 0.2) is 6.23 Å². The molecule has 1 heterocycles. The van der Waals surface area contributed by atoms with E-state index >= 15 is 0 Å². The van der Waals surface area contributed by atoms with Crippen molar-refractivity contribution in [3.05, 3.63) is 0 Å². The van der Waals surface area contributed by atoms with Crippen molar-refractivity contribution >= 4 is 6.21 Å². The van der Waals surface area contributed by atoms with Crippen LogP contribution in [-0.2, 0) is 4.74 Å². The lowest BCUT2D eigenvalue weighted by atomic mass is 9.76. The Labute approximate surface area is 142 Å². The zero-order chi connectivity index (χ0) is 16.7. The molecule has 2 unspecified atom stereocenters. The molecule has 2 atom stereocenters. The van der Waals surface area contributed by atoms with Crippen molar-refractivity contribution in [3.8, 4) is 0 Å². The zero-order valence-electron chi connectivity index (χ0n) is 15.3. The second kappa shape index (κ2) is 9.14. The van der Waals surface area contributed by atoms with Gasteiger partial charge in [0.2, 0.25) is 0 Å². The third-order valence-corrected chi connectivity index (χ3v) is 5.58. The van der Waals surface area contributed by atoms with Crippen LogP contribution in [0.1, 0.15) is 65.7 Å². The molecule has 0 aromatic carbocycles. The fourth-order valence-electron chi connectivity index (χ4n) is 4.21. The first-order valence-electron chi connectivity index (χ1n) is 9.56. The summed E-state index contributed by atoms with van der Waals surface area (Å²) in [7, 11) is 0. The van der Waals surface area contributed by atoms with Crippen molar-refractivity contribution in [2.45, 2.75) is 78.0 Å². The zero-order valence-corrected chi connectivity index (χ0v) is 15.3. The van der Waals surface area contributed by atoms with E-state index in [0.717, 1.165) is 32.0 Å². The molecule has 2 rings (SSSR count). The van der Waals surface area contributed by atoms with Crippen LogP contribution in [0, 0.1) is 11.3 Å². The molecule has 1 aliphatic carbocycles. The minimum absolute atomic E-state index is 0.357. The molecule has 2 aliphatic rings. The molecule has 4 nitrogen and oxygen atoms in total. The second-order valence-corrected chi connectivity index (χ2v) is 7.84. The van der Waals surface area contributed by atoms with Crippen LogP contribution in [0.4, 0.5) is 0 Å². The maximum Gasteiger partial charge on any atom is 0.157 e. The van der Waals surface area contributed by atoms with E-state index in [-0.39, 0.29) is 0 Å². The number of aliphatic hydroxyl groups excluding tert-OH is 1. The molecule has 1 N–H and O–H groups in total. The summed E-state index contributed by atoms with van der Waals surface area (Å²) >= 11 is 0.